The SMILES string of the molecule is CCNc1ncc(N)cc1N. The van der Waals surface area contributed by atoms with Crippen LogP contribution >= 0.6 is 0 Å². The predicted molar refractivity (Wildman–Crippen MR) is 47.2 cm³/mol. The monoisotopic (exact) mass is 152 g/mol. The fourth-order valence-electron chi connectivity index (χ4n) is 0.814. The molecular formula is C7H12N4. The van der Waals surface area contributed by atoms with Crippen molar-refractivity contribution in [2.24, 2.45) is 0 Å². The van der Waals surface area contributed by atoms with Gasteiger partial charge in [-0.15, -0.1) is 0 Å². The average molecular weight is 152 g/mol. The van der Waals surface area contributed by atoms with Crippen molar-refractivity contribution in [1.29, 1.82) is 0 Å². The summed E-state index contributed by atoms with van der Waals surface area (Å²) in [6.07, 6.45) is 1.58. The second-order valence-electron chi connectivity index (χ2n) is 2.24. The number of hydrogen-bond acceptors (Lipinski definition) is 4. The zero-order chi connectivity index (χ0) is 8.27. The molecule has 1 rings (SSSR count). The Morgan fingerprint density at radius 3 is 2.82 bits per heavy atom. The van der Waals surface area contributed by atoms with Gasteiger partial charge in [-0.1, -0.05) is 0 Å². The molecule has 1 aromatic rings. The molecule has 0 aromatic carbocycles. The molecule has 60 valence electrons. The van der Waals surface area contributed by atoms with Gasteiger partial charge in [-0.3, -0.25) is 0 Å². The van der Waals surface area contributed by atoms with E-state index in [2.05, 4.69) is 10.3 Å². The second-order valence-corrected chi connectivity index (χ2v) is 2.24. The van der Waals surface area contributed by atoms with Crippen LogP contribution in [0, 0.1) is 0 Å². The normalized spacial score (nSPS) is 9.55. The minimum Gasteiger partial charge on any atom is -0.397 e. The number of anilines is 3. The first kappa shape index (κ1) is 7.65. The highest BCUT2D eigenvalue weighted by Gasteiger charge is 1.97. The Balaban J connectivity index is 2.90. The molecule has 0 saturated heterocycles. The maximum Gasteiger partial charge on any atom is 0.149 e. The number of nitrogens with one attached hydrogen (secondary N) is 1. The highest BCUT2D eigenvalue weighted by Crippen LogP contribution is 2.16. The first-order chi connectivity index (χ1) is 5.24. The molecule has 0 saturated carbocycles. The van der Waals surface area contributed by atoms with Gasteiger partial charge in [0.1, 0.15) is 5.82 Å². The average Bonchev–Trinajstić information content (AvgIpc) is 1.95. The van der Waals surface area contributed by atoms with Crippen LogP contribution in [-0.2, 0) is 0 Å². The molecule has 0 aliphatic heterocycles. The quantitative estimate of drug-likeness (QED) is 0.582. The maximum absolute atomic E-state index is 5.60. The van der Waals surface area contributed by atoms with Crippen molar-refractivity contribution in [2.45, 2.75) is 6.92 Å². The largest absolute Gasteiger partial charge is 0.397 e. The Hall–Kier alpha value is -1.45. The van der Waals surface area contributed by atoms with Gasteiger partial charge in [0, 0.05) is 6.54 Å². The van der Waals surface area contributed by atoms with E-state index in [1.807, 2.05) is 6.92 Å². The van der Waals surface area contributed by atoms with Crippen molar-refractivity contribution < 1.29 is 0 Å². The van der Waals surface area contributed by atoms with E-state index in [4.69, 9.17) is 11.5 Å². The van der Waals surface area contributed by atoms with Gasteiger partial charge in [0.05, 0.1) is 17.6 Å². The molecule has 0 spiro atoms. The van der Waals surface area contributed by atoms with Crippen LogP contribution in [0.5, 0.6) is 0 Å². The van der Waals surface area contributed by atoms with E-state index < -0.39 is 0 Å². The minimum absolute atomic E-state index is 0.587. The molecule has 0 aliphatic carbocycles. The summed E-state index contributed by atoms with van der Waals surface area (Å²) in [7, 11) is 0. The van der Waals surface area contributed by atoms with Gasteiger partial charge in [-0.2, -0.15) is 0 Å². The van der Waals surface area contributed by atoms with Crippen LogP contribution in [0.25, 0.3) is 0 Å². The van der Waals surface area contributed by atoms with Crippen molar-refractivity contribution in [3.05, 3.63) is 12.3 Å². The van der Waals surface area contributed by atoms with Gasteiger partial charge in [0.25, 0.3) is 0 Å². The van der Waals surface area contributed by atoms with Crippen molar-refractivity contribution in [3.8, 4) is 0 Å². The number of nitrogens with zero attached hydrogens (tertiary/aromatic N) is 1. The molecule has 0 aliphatic rings. The Bertz CT molecular complexity index is 246. The summed E-state index contributed by atoms with van der Waals surface area (Å²) in [4.78, 5) is 4.01. The Morgan fingerprint density at radius 1 is 1.55 bits per heavy atom. The van der Waals surface area contributed by atoms with Crippen LogP contribution in [0.4, 0.5) is 17.2 Å². The molecule has 0 fully saturated rings. The minimum atomic E-state index is 0.587. The summed E-state index contributed by atoms with van der Waals surface area (Å²) < 4.78 is 0. The molecule has 5 N–H and O–H groups in total. The number of hydrogen-bond donors (Lipinski definition) is 3. The molecule has 0 bridgehead atoms. The molecule has 1 heterocycles. The van der Waals surface area contributed by atoms with E-state index in [1.54, 1.807) is 12.3 Å². The Morgan fingerprint density at radius 2 is 2.27 bits per heavy atom. The van der Waals surface area contributed by atoms with Crippen LogP contribution in [0.3, 0.4) is 0 Å². The number of rotatable bonds is 2. The lowest BCUT2D eigenvalue weighted by Crippen LogP contribution is -2.03. The van der Waals surface area contributed by atoms with E-state index >= 15 is 0 Å². The van der Waals surface area contributed by atoms with Crippen molar-refractivity contribution >= 4 is 17.2 Å². The van der Waals surface area contributed by atoms with Gasteiger partial charge < -0.3 is 16.8 Å². The van der Waals surface area contributed by atoms with Gasteiger partial charge in [0.2, 0.25) is 0 Å². The topological polar surface area (TPSA) is 77.0 Å². The maximum atomic E-state index is 5.60. The van der Waals surface area contributed by atoms with Crippen LogP contribution in [0.2, 0.25) is 0 Å². The summed E-state index contributed by atoms with van der Waals surface area (Å²) >= 11 is 0. The molecule has 11 heavy (non-hydrogen) atoms. The smallest absolute Gasteiger partial charge is 0.149 e. The lowest BCUT2D eigenvalue weighted by molar-refractivity contribution is 1.16. The molecule has 0 unspecified atom stereocenters. The summed E-state index contributed by atoms with van der Waals surface area (Å²) in [5, 5.41) is 3.01. The molecule has 4 heteroatoms. The van der Waals surface area contributed by atoms with Crippen molar-refractivity contribution in [3.63, 3.8) is 0 Å². The molecule has 1 aromatic heterocycles. The summed E-state index contributed by atoms with van der Waals surface area (Å²) in [5.74, 6) is 0.696. The summed E-state index contributed by atoms with van der Waals surface area (Å²) in [5.41, 5.74) is 12.2. The first-order valence-corrected chi connectivity index (χ1v) is 3.49. The zero-order valence-corrected chi connectivity index (χ0v) is 6.46. The van der Waals surface area contributed by atoms with E-state index in [0.717, 1.165) is 6.54 Å². The number of nitrogen functional groups attached to an aromatic ring is 2. The van der Waals surface area contributed by atoms with Crippen LogP contribution in [0.15, 0.2) is 12.3 Å². The molecule has 0 amide bonds. The lowest BCUT2D eigenvalue weighted by Gasteiger charge is -2.05. The van der Waals surface area contributed by atoms with E-state index in [9.17, 15) is 0 Å². The third kappa shape index (κ3) is 1.73. The summed E-state index contributed by atoms with van der Waals surface area (Å²) in [6.45, 7) is 2.79. The van der Waals surface area contributed by atoms with Gasteiger partial charge in [-0.05, 0) is 13.0 Å². The molecular weight excluding hydrogens is 140 g/mol. The first-order valence-electron chi connectivity index (χ1n) is 3.49. The third-order valence-corrected chi connectivity index (χ3v) is 1.28. The summed E-state index contributed by atoms with van der Waals surface area (Å²) in [6, 6.07) is 1.69. The van der Waals surface area contributed by atoms with Gasteiger partial charge >= 0.3 is 0 Å². The predicted octanol–water partition coefficient (Wildman–Crippen LogP) is 0.678. The fraction of sp³-hybridized carbons (Fsp3) is 0.286. The van der Waals surface area contributed by atoms with Gasteiger partial charge in [-0.25, -0.2) is 4.98 Å². The van der Waals surface area contributed by atoms with Crippen molar-refractivity contribution in [2.75, 3.05) is 23.3 Å². The van der Waals surface area contributed by atoms with Crippen LogP contribution < -0.4 is 16.8 Å². The molecule has 4 nitrogen and oxygen atoms in total. The van der Waals surface area contributed by atoms with Crippen molar-refractivity contribution in [1.82, 2.24) is 4.98 Å². The number of nitrogens with two attached hydrogens (primary N) is 2. The Kier molecular flexibility index (Phi) is 2.15. The molecule has 0 atom stereocenters. The highest BCUT2D eigenvalue weighted by molar-refractivity contribution is 5.65. The van der Waals surface area contributed by atoms with E-state index in [0.29, 0.717) is 17.2 Å². The molecule has 0 radical (unpaired) electrons. The van der Waals surface area contributed by atoms with Gasteiger partial charge in [0.15, 0.2) is 0 Å². The standard InChI is InChI=1S/C7H12N4/c1-2-10-7-6(9)3-5(8)4-11-7/h3-4H,2,8-9H2,1H3,(H,10,11). The number of aromatic nitrogens is 1. The van der Waals surface area contributed by atoms with Crippen LogP contribution in [-0.4, -0.2) is 11.5 Å². The lowest BCUT2D eigenvalue weighted by atomic mass is 10.3. The fourth-order valence-corrected chi connectivity index (χ4v) is 0.814. The zero-order valence-electron chi connectivity index (χ0n) is 6.46. The van der Waals surface area contributed by atoms with Crippen LogP contribution in [0.1, 0.15) is 6.92 Å². The van der Waals surface area contributed by atoms with E-state index in [1.165, 1.54) is 0 Å². The third-order valence-electron chi connectivity index (χ3n) is 1.28. The highest BCUT2D eigenvalue weighted by atomic mass is 15.0. The number of pyridine rings is 1. The van der Waals surface area contributed by atoms with E-state index in [-0.39, 0.29) is 0 Å². The Labute approximate surface area is 65.6 Å². The second kappa shape index (κ2) is 3.09.